The Morgan fingerprint density at radius 1 is 1.02 bits per heavy atom. The van der Waals surface area contributed by atoms with Crippen LogP contribution in [0.3, 0.4) is 0 Å². The smallest absolute Gasteiger partial charge is 0.490 e. The molecule has 42 heavy (non-hydrogen) atoms. The van der Waals surface area contributed by atoms with Gasteiger partial charge >= 0.3 is 12.1 Å². The van der Waals surface area contributed by atoms with Crippen LogP contribution in [0.5, 0.6) is 11.5 Å². The van der Waals surface area contributed by atoms with Gasteiger partial charge in [0.05, 0.1) is 14.2 Å². The van der Waals surface area contributed by atoms with Crippen molar-refractivity contribution in [1.29, 1.82) is 5.41 Å². The van der Waals surface area contributed by atoms with Crippen molar-refractivity contribution in [3.8, 4) is 11.5 Å². The zero-order valence-corrected chi connectivity index (χ0v) is 22.3. The maximum absolute atomic E-state index is 15.1. The Bertz CT molecular complexity index is 1450. The lowest BCUT2D eigenvalue weighted by Gasteiger charge is -2.22. The Balaban J connectivity index is 0.000000782. The van der Waals surface area contributed by atoms with Gasteiger partial charge in [0, 0.05) is 40.8 Å². The fourth-order valence-electron chi connectivity index (χ4n) is 3.27. The van der Waals surface area contributed by atoms with E-state index in [1.54, 1.807) is 31.2 Å². The van der Waals surface area contributed by atoms with E-state index in [9.17, 15) is 22.8 Å². The summed E-state index contributed by atoms with van der Waals surface area (Å²) in [6.45, 7) is 1.71. The number of rotatable bonds is 8. The number of halogens is 4. The van der Waals surface area contributed by atoms with Gasteiger partial charge < -0.3 is 25.6 Å². The number of aliphatic carboxylic acids is 1. The number of benzene rings is 2. The second-order valence-electron chi connectivity index (χ2n) is 8.23. The number of amidine groups is 1. The van der Waals surface area contributed by atoms with Crippen LogP contribution in [-0.2, 0) is 9.59 Å². The average molecular weight is 595 g/mol. The molecule has 1 aromatic heterocycles. The Morgan fingerprint density at radius 3 is 2.10 bits per heavy atom. The van der Waals surface area contributed by atoms with Crippen molar-refractivity contribution >= 4 is 29.3 Å². The van der Waals surface area contributed by atoms with Crippen LogP contribution in [0, 0.1) is 18.2 Å². The van der Waals surface area contributed by atoms with Crippen LogP contribution in [0.1, 0.15) is 33.1 Å². The first-order valence-electron chi connectivity index (χ1n) is 11.6. The maximum atomic E-state index is 15.1. The number of nitrogens with one attached hydrogen (secondary N) is 4. The van der Waals surface area contributed by atoms with Gasteiger partial charge in [-0.05, 0) is 48.9 Å². The van der Waals surface area contributed by atoms with Gasteiger partial charge in [0.2, 0.25) is 0 Å². The number of nitrogens with two attached hydrogens (primary N) is 1. The summed E-state index contributed by atoms with van der Waals surface area (Å²) in [6.07, 6.45) is -2.11. The summed E-state index contributed by atoms with van der Waals surface area (Å²) in [5, 5.41) is 17.6. The fourth-order valence-corrected chi connectivity index (χ4v) is 3.27. The normalized spacial score (nSPS) is 11.2. The minimum Gasteiger partial charge on any atom is -0.493 e. The molecule has 0 saturated carbocycles. The van der Waals surface area contributed by atoms with Crippen molar-refractivity contribution in [3.05, 3.63) is 82.9 Å². The van der Waals surface area contributed by atoms with Crippen LogP contribution in [-0.4, -0.2) is 54.1 Å². The summed E-state index contributed by atoms with van der Waals surface area (Å²) in [4.78, 5) is 38.5. The maximum Gasteiger partial charge on any atom is 0.490 e. The van der Waals surface area contributed by atoms with E-state index < -0.39 is 35.8 Å². The Hall–Kier alpha value is -5.41. The van der Waals surface area contributed by atoms with E-state index in [1.165, 1.54) is 38.7 Å². The lowest BCUT2D eigenvalue weighted by molar-refractivity contribution is -0.192. The topological polar surface area (TPSA) is 189 Å². The largest absolute Gasteiger partial charge is 0.493 e. The van der Waals surface area contributed by atoms with Crippen LogP contribution in [0.4, 0.5) is 23.2 Å². The number of alkyl halides is 3. The highest BCUT2D eigenvalue weighted by Crippen LogP contribution is 2.34. The summed E-state index contributed by atoms with van der Waals surface area (Å²) in [6, 6.07) is 9.02. The summed E-state index contributed by atoms with van der Waals surface area (Å²) >= 11 is 0. The van der Waals surface area contributed by atoms with Gasteiger partial charge in [0.1, 0.15) is 17.7 Å². The molecule has 16 heteroatoms. The highest BCUT2D eigenvalue weighted by atomic mass is 19.4. The fraction of sp³-hybridized carbons (Fsp3) is 0.192. The van der Waals surface area contributed by atoms with E-state index in [2.05, 4.69) is 21.2 Å². The van der Waals surface area contributed by atoms with E-state index in [0.717, 1.165) is 6.07 Å². The number of carboxylic acid groups (broad SMARTS) is 1. The molecule has 2 aromatic carbocycles. The number of aromatic nitrogens is 1. The average Bonchev–Trinajstić information content (AvgIpc) is 2.94. The highest BCUT2D eigenvalue weighted by molar-refractivity contribution is 5.97. The first kappa shape index (κ1) is 32.8. The standard InChI is InChI=1S/C24H25FN6O4.C2HF3O2/c1-13-12-28-9-8-16(13)23(32)30-31-24(33)21(29-15-6-4-14(5-7-15)22(26)27)17-10-19(34-2)20(35-3)11-18(17)25;3-2(4,5)1(6)7/h4-12,21,29H,1-3H3,(H3,26,27)(H,30,32)(H,31,33);(H,6,7). The van der Waals surface area contributed by atoms with Gasteiger partial charge in [-0.3, -0.25) is 30.8 Å². The number of anilines is 1. The third-order valence-electron chi connectivity index (χ3n) is 5.39. The molecule has 0 spiro atoms. The second-order valence-corrected chi connectivity index (χ2v) is 8.23. The summed E-state index contributed by atoms with van der Waals surface area (Å²) in [5.41, 5.74) is 12.0. The zero-order valence-electron chi connectivity index (χ0n) is 22.3. The number of carbonyl (C=O) groups excluding carboxylic acids is 2. The number of pyridine rings is 1. The molecule has 224 valence electrons. The number of hydrogen-bond donors (Lipinski definition) is 6. The number of hydrazine groups is 1. The quantitative estimate of drug-likeness (QED) is 0.0986. The first-order chi connectivity index (χ1) is 19.7. The minimum atomic E-state index is -5.08. The molecule has 0 aliphatic rings. The van der Waals surface area contributed by atoms with Gasteiger partial charge in [-0.2, -0.15) is 13.2 Å². The molecular formula is C26H26F4N6O6. The number of methoxy groups -OCH3 is 2. The zero-order chi connectivity index (χ0) is 31.6. The molecule has 0 bridgehead atoms. The van der Waals surface area contributed by atoms with Crippen molar-refractivity contribution in [2.45, 2.75) is 19.1 Å². The minimum absolute atomic E-state index is 0.0508. The SMILES string of the molecule is COc1cc(F)c(C(Nc2ccc(C(=N)N)cc2)C(=O)NNC(=O)c2ccncc2C)cc1OC.O=C(O)C(F)(F)F. The number of hydrogen-bond acceptors (Lipinski definition) is 8. The van der Waals surface area contributed by atoms with Crippen LogP contribution >= 0.6 is 0 Å². The third-order valence-corrected chi connectivity index (χ3v) is 5.39. The van der Waals surface area contributed by atoms with Crippen molar-refractivity contribution in [1.82, 2.24) is 15.8 Å². The number of nitrogen functional groups attached to an aromatic ring is 1. The van der Waals surface area contributed by atoms with E-state index in [0.29, 0.717) is 22.4 Å². The van der Waals surface area contributed by atoms with Crippen molar-refractivity contribution in [3.63, 3.8) is 0 Å². The first-order valence-corrected chi connectivity index (χ1v) is 11.6. The highest BCUT2D eigenvalue weighted by Gasteiger charge is 2.38. The number of nitrogens with zero attached hydrogens (tertiary/aromatic N) is 1. The van der Waals surface area contributed by atoms with E-state index in [-0.39, 0.29) is 22.9 Å². The Kier molecular flexibility index (Phi) is 11.2. The number of amides is 2. The molecule has 3 aromatic rings. The van der Waals surface area contributed by atoms with Crippen LogP contribution in [0.2, 0.25) is 0 Å². The van der Waals surface area contributed by atoms with Crippen molar-refractivity contribution in [2.75, 3.05) is 19.5 Å². The predicted octanol–water partition coefficient (Wildman–Crippen LogP) is 3.08. The van der Waals surface area contributed by atoms with Crippen LogP contribution in [0.15, 0.2) is 54.9 Å². The molecule has 7 N–H and O–H groups in total. The summed E-state index contributed by atoms with van der Waals surface area (Å²) in [5.74, 6) is -4.54. The number of carbonyl (C=O) groups is 3. The molecular weight excluding hydrogens is 568 g/mol. The molecule has 0 aliphatic heterocycles. The Labute approximate surface area is 236 Å². The second kappa shape index (κ2) is 14.3. The molecule has 1 atom stereocenters. The molecule has 0 radical (unpaired) electrons. The molecule has 1 unspecified atom stereocenters. The summed E-state index contributed by atoms with van der Waals surface area (Å²) < 4.78 is 57.2. The third kappa shape index (κ3) is 8.80. The van der Waals surface area contributed by atoms with Gasteiger partial charge in [-0.1, -0.05) is 0 Å². The van der Waals surface area contributed by atoms with Crippen molar-refractivity contribution in [2.24, 2.45) is 5.73 Å². The van der Waals surface area contributed by atoms with E-state index in [1.807, 2.05) is 0 Å². The van der Waals surface area contributed by atoms with Crippen molar-refractivity contribution < 1.29 is 46.5 Å². The van der Waals surface area contributed by atoms with Crippen LogP contribution < -0.4 is 31.4 Å². The molecule has 0 saturated heterocycles. The number of carboxylic acids is 1. The lowest BCUT2D eigenvalue weighted by atomic mass is 10.0. The predicted molar refractivity (Wildman–Crippen MR) is 142 cm³/mol. The molecule has 2 amide bonds. The van der Waals surface area contributed by atoms with Gasteiger partial charge in [-0.15, -0.1) is 0 Å². The number of aryl methyl sites for hydroxylation is 1. The molecule has 12 nitrogen and oxygen atoms in total. The van der Waals surface area contributed by atoms with Crippen LogP contribution in [0.25, 0.3) is 0 Å². The Morgan fingerprint density at radius 2 is 1.60 bits per heavy atom. The van der Waals surface area contributed by atoms with E-state index in [4.69, 9.17) is 30.5 Å². The number of ether oxygens (including phenoxy) is 2. The van der Waals surface area contributed by atoms with Gasteiger partial charge in [-0.25, -0.2) is 9.18 Å². The summed E-state index contributed by atoms with van der Waals surface area (Å²) in [7, 11) is 2.76. The monoisotopic (exact) mass is 594 g/mol. The van der Waals surface area contributed by atoms with E-state index >= 15 is 4.39 Å². The molecule has 0 aliphatic carbocycles. The molecule has 3 rings (SSSR count). The molecule has 0 fully saturated rings. The molecule has 1 heterocycles. The van der Waals surface area contributed by atoms with Gasteiger partial charge in [0.25, 0.3) is 11.8 Å². The van der Waals surface area contributed by atoms with Gasteiger partial charge in [0.15, 0.2) is 11.5 Å². The lowest BCUT2D eigenvalue weighted by Crippen LogP contribution is -2.45.